The average molecular weight is 557 g/mol. The second-order valence-electron chi connectivity index (χ2n) is 7.76. The summed E-state index contributed by atoms with van der Waals surface area (Å²) < 4.78 is 10.8. The largest absolute Gasteiger partial charge is 2.00 e. The predicted octanol–water partition coefficient (Wildman–Crippen LogP) is 0.708. The molecule has 4 heterocycles. The van der Waals surface area contributed by atoms with Crippen molar-refractivity contribution in [1.82, 2.24) is 0 Å². The molecule has 2 aliphatic carbocycles. The molecule has 7 heteroatoms. The van der Waals surface area contributed by atoms with Crippen LogP contribution in [-0.2, 0) is 26.2 Å². The minimum absolute atomic E-state index is 0. The normalized spacial score (nSPS) is 17.2. The molecular formula is C26H22Cl2N2O2Zr. The monoisotopic (exact) mass is 554 g/mol. The van der Waals surface area contributed by atoms with E-state index in [0.717, 1.165) is 45.5 Å². The van der Waals surface area contributed by atoms with Crippen LogP contribution in [0.3, 0.4) is 0 Å². The van der Waals surface area contributed by atoms with Gasteiger partial charge >= 0.3 is 26.2 Å². The molecule has 0 radical (unpaired) electrons. The van der Waals surface area contributed by atoms with Crippen molar-refractivity contribution in [1.29, 1.82) is 0 Å². The fraction of sp³-hybridized carbons (Fsp3) is 0.154. The van der Waals surface area contributed by atoms with E-state index in [4.69, 9.17) is 8.83 Å². The summed E-state index contributed by atoms with van der Waals surface area (Å²) >= 11 is 0. The van der Waals surface area contributed by atoms with Crippen molar-refractivity contribution in [3.8, 4) is 0 Å². The van der Waals surface area contributed by atoms with Gasteiger partial charge in [-0.3, -0.25) is 9.98 Å². The van der Waals surface area contributed by atoms with Crippen molar-refractivity contribution in [2.75, 3.05) is 0 Å². The summed E-state index contributed by atoms with van der Waals surface area (Å²) in [6.45, 7) is 8.21. The Labute approximate surface area is 225 Å². The van der Waals surface area contributed by atoms with Crippen LogP contribution in [0.25, 0.3) is 11.1 Å². The summed E-state index contributed by atoms with van der Waals surface area (Å²) in [7, 11) is 0. The Balaban J connectivity index is 0.000000214. The van der Waals surface area contributed by atoms with Gasteiger partial charge in [0.05, 0.1) is 23.9 Å². The summed E-state index contributed by atoms with van der Waals surface area (Å²) in [4.78, 5) is 9.00. The zero-order valence-electron chi connectivity index (χ0n) is 18.7. The van der Waals surface area contributed by atoms with Gasteiger partial charge in [0.15, 0.2) is 0 Å². The minimum atomic E-state index is 0. The molecule has 6 rings (SSSR count). The van der Waals surface area contributed by atoms with E-state index >= 15 is 0 Å². The van der Waals surface area contributed by atoms with Crippen molar-refractivity contribution in [2.45, 2.75) is 27.7 Å². The molecule has 0 N–H and O–H groups in total. The summed E-state index contributed by atoms with van der Waals surface area (Å²) in [5.74, 6) is 1.83. The molecule has 0 amide bonds. The Hall–Kier alpha value is -2.20. The van der Waals surface area contributed by atoms with Gasteiger partial charge in [-0.1, -0.05) is 0 Å². The molecule has 4 nitrogen and oxygen atoms in total. The zero-order chi connectivity index (χ0) is 20.8. The number of fused-ring (bicyclic) bond motifs is 2. The van der Waals surface area contributed by atoms with Gasteiger partial charge in [-0.15, -0.1) is 0 Å². The van der Waals surface area contributed by atoms with Gasteiger partial charge in [-0.25, -0.2) is 0 Å². The van der Waals surface area contributed by atoms with Gasteiger partial charge in [0, 0.05) is 33.7 Å². The summed E-state index contributed by atoms with van der Waals surface area (Å²) in [6.07, 6.45) is 11.9. The Kier molecular flexibility index (Phi) is 8.87. The van der Waals surface area contributed by atoms with Crippen LogP contribution in [0.5, 0.6) is 0 Å². The SMILES string of the molecule is CC1=NC2=C(C)C=C(c3ccco3)C2=C1.CC1=NC2=C(C)C=C(c3ccco3)C2=C1.[Cl-].[Cl-].[Zr+2]. The summed E-state index contributed by atoms with van der Waals surface area (Å²) in [5, 5.41) is 0. The maximum absolute atomic E-state index is 5.42. The number of hydrogen-bond donors (Lipinski definition) is 0. The van der Waals surface area contributed by atoms with Gasteiger partial charge in [-0.05, 0) is 87.4 Å². The summed E-state index contributed by atoms with van der Waals surface area (Å²) in [6, 6.07) is 7.78. The van der Waals surface area contributed by atoms with E-state index in [1.54, 1.807) is 12.5 Å². The number of aliphatic imine (C=N–C) groups is 2. The van der Waals surface area contributed by atoms with Crippen LogP contribution in [0.4, 0.5) is 0 Å². The van der Waals surface area contributed by atoms with Gasteiger partial charge in [0.25, 0.3) is 0 Å². The first-order valence-corrected chi connectivity index (χ1v) is 9.99. The van der Waals surface area contributed by atoms with E-state index in [9.17, 15) is 0 Å². The van der Waals surface area contributed by atoms with Crippen molar-refractivity contribution >= 4 is 22.6 Å². The van der Waals surface area contributed by atoms with Crippen LogP contribution < -0.4 is 24.8 Å². The van der Waals surface area contributed by atoms with Crippen LogP contribution in [0.15, 0.2) is 114 Å². The third-order valence-corrected chi connectivity index (χ3v) is 5.42. The zero-order valence-corrected chi connectivity index (χ0v) is 22.7. The second kappa shape index (κ2) is 10.8. The van der Waals surface area contributed by atoms with E-state index in [2.05, 4.69) is 48.1 Å². The molecule has 0 saturated carbocycles. The third-order valence-electron chi connectivity index (χ3n) is 5.42. The maximum atomic E-state index is 5.42. The first-order valence-electron chi connectivity index (χ1n) is 9.99. The molecule has 0 spiro atoms. The third kappa shape index (κ3) is 5.01. The fourth-order valence-electron chi connectivity index (χ4n) is 4.10. The van der Waals surface area contributed by atoms with Crippen molar-refractivity contribution in [3.63, 3.8) is 0 Å². The van der Waals surface area contributed by atoms with Crippen LogP contribution in [0, 0.1) is 0 Å². The Morgan fingerprint density at radius 2 is 0.970 bits per heavy atom. The Bertz CT molecular complexity index is 1200. The quantitative estimate of drug-likeness (QED) is 0.548. The molecule has 0 unspecified atom stereocenters. The minimum Gasteiger partial charge on any atom is -1.00 e. The molecule has 33 heavy (non-hydrogen) atoms. The predicted molar refractivity (Wildman–Crippen MR) is 121 cm³/mol. The molecule has 2 aromatic heterocycles. The van der Waals surface area contributed by atoms with Crippen LogP contribution in [0.2, 0.25) is 0 Å². The van der Waals surface area contributed by atoms with Gasteiger partial charge in [0.2, 0.25) is 0 Å². The van der Waals surface area contributed by atoms with Crippen molar-refractivity contribution in [3.05, 3.63) is 106 Å². The number of halogens is 2. The first-order chi connectivity index (χ1) is 14.5. The average Bonchev–Trinajstić information content (AvgIpc) is 3.51. The number of allylic oxidation sites excluding steroid dienone is 8. The van der Waals surface area contributed by atoms with Crippen LogP contribution in [0.1, 0.15) is 39.2 Å². The molecule has 0 aromatic carbocycles. The molecular weight excluding hydrogens is 534 g/mol. The Morgan fingerprint density at radius 3 is 1.30 bits per heavy atom. The van der Waals surface area contributed by atoms with Gasteiger partial charge < -0.3 is 33.6 Å². The first kappa shape index (κ1) is 27.1. The molecule has 0 atom stereocenters. The van der Waals surface area contributed by atoms with Crippen LogP contribution >= 0.6 is 0 Å². The number of nitrogens with zero attached hydrogens (tertiary/aromatic N) is 2. The van der Waals surface area contributed by atoms with Crippen molar-refractivity contribution < 1.29 is 59.9 Å². The van der Waals surface area contributed by atoms with E-state index < -0.39 is 0 Å². The Morgan fingerprint density at radius 1 is 0.576 bits per heavy atom. The molecule has 2 aromatic rings. The second-order valence-corrected chi connectivity index (χ2v) is 7.76. The number of rotatable bonds is 2. The smallest absolute Gasteiger partial charge is 1.00 e. The molecule has 0 fully saturated rings. The topological polar surface area (TPSA) is 51.0 Å². The maximum Gasteiger partial charge on any atom is 2.00 e. The van der Waals surface area contributed by atoms with Gasteiger partial charge in [0.1, 0.15) is 11.5 Å². The van der Waals surface area contributed by atoms with E-state index in [-0.39, 0.29) is 51.0 Å². The molecule has 4 aliphatic rings. The molecule has 2 aliphatic heterocycles. The van der Waals surface area contributed by atoms with Gasteiger partial charge in [-0.2, -0.15) is 0 Å². The van der Waals surface area contributed by atoms with Crippen LogP contribution in [-0.4, -0.2) is 11.4 Å². The van der Waals surface area contributed by atoms with E-state index in [0.29, 0.717) is 0 Å². The summed E-state index contributed by atoms with van der Waals surface area (Å²) in [5.41, 5.74) is 11.4. The van der Waals surface area contributed by atoms with Crippen molar-refractivity contribution in [2.24, 2.45) is 9.98 Å². The molecule has 0 saturated heterocycles. The molecule has 166 valence electrons. The standard InChI is InChI=1S/2C13H11NO.2ClH.Zr/c2*1-8-6-10(12-4-3-5-15-12)11-7-9(2)14-13(8)11;;;/h2*3-7H,1-2H3;2*1H;/q;;;;+2/p-2. The number of hydrogen-bond acceptors (Lipinski definition) is 4. The number of furan rings is 2. The van der Waals surface area contributed by atoms with E-state index in [1.165, 1.54) is 22.3 Å². The fourth-order valence-corrected chi connectivity index (χ4v) is 4.10. The molecule has 0 bridgehead atoms. The van der Waals surface area contributed by atoms with E-state index in [1.807, 2.05) is 38.1 Å².